The number of nitrogens with one attached hydrogen (secondary N) is 1. The number of rotatable bonds is 10. The molecule has 0 fully saturated rings. The van der Waals surface area contributed by atoms with Gasteiger partial charge in [0.05, 0.1) is 12.6 Å². The number of para-hydroxylation sites is 1. The molecule has 1 N–H and O–H groups in total. The van der Waals surface area contributed by atoms with Crippen LogP contribution in [-0.4, -0.2) is 51.1 Å². The van der Waals surface area contributed by atoms with E-state index in [0.717, 1.165) is 11.1 Å². The fraction of sp³-hybridized carbons (Fsp3) is 0.333. The molecule has 4 aromatic rings. The van der Waals surface area contributed by atoms with Gasteiger partial charge in [-0.3, -0.25) is 9.59 Å². The summed E-state index contributed by atoms with van der Waals surface area (Å²) in [6.45, 7) is 6.10. The molecular formula is C30H33N5O5. The summed E-state index contributed by atoms with van der Waals surface area (Å²) in [6.07, 6.45) is 0.713. The van der Waals surface area contributed by atoms with Crippen LogP contribution in [0.4, 0.5) is 0 Å². The Hall–Kier alpha value is -4.60. The van der Waals surface area contributed by atoms with Crippen molar-refractivity contribution in [2.75, 3.05) is 13.9 Å². The second-order valence-corrected chi connectivity index (χ2v) is 10.4. The third-order valence-electron chi connectivity index (χ3n) is 7.13. The summed E-state index contributed by atoms with van der Waals surface area (Å²) < 4.78 is 18.1. The fourth-order valence-corrected chi connectivity index (χ4v) is 4.59. The summed E-state index contributed by atoms with van der Waals surface area (Å²) in [5, 5.41) is 11.5. The van der Waals surface area contributed by atoms with E-state index in [9.17, 15) is 9.59 Å². The minimum absolute atomic E-state index is 0.101. The van der Waals surface area contributed by atoms with E-state index >= 15 is 0 Å². The molecule has 2 amide bonds. The van der Waals surface area contributed by atoms with E-state index in [1.165, 1.54) is 0 Å². The molecule has 1 aromatic heterocycles. The number of carbonyl (C=O) groups excluding carboxylic acids is 2. The van der Waals surface area contributed by atoms with E-state index in [4.69, 9.17) is 14.2 Å². The highest BCUT2D eigenvalue weighted by atomic mass is 16.7. The lowest BCUT2D eigenvalue weighted by atomic mass is 9.98. The molecule has 3 aromatic carbocycles. The van der Waals surface area contributed by atoms with E-state index in [-0.39, 0.29) is 31.7 Å². The molecule has 208 valence electrons. The van der Waals surface area contributed by atoms with Crippen molar-refractivity contribution in [2.45, 2.75) is 51.9 Å². The highest BCUT2D eigenvalue weighted by molar-refractivity contribution is 5.89. The lowest BCUT2D eigenvalue weighted by Crippen LogP contribution is -2.50. The maximum atomic E-state index is 14.2. The first-order chi connectivity index (χ1) is 19.3. The van der Waals surface area contributed by atoms with Crippen LogP contribution in [0, 0.1) is 0 Å². The van der Waals surface area contributed by atoms with E-state index in [0.29, 0.717) is 34.7 Å². The summed E-state index contributed by atoms with van der Waals surface area (Å²) in [4.78, 5) is 29.8. The molecule has 0 bridgehead atoms. The van der Waals surface area contributed by atoms with Gasteiger partial charge in [0.25, 0.3) is 0 Å². The molecule has 5 rings (SSSR count). The second kappa shape index (κ2) is 11.3. The van der Waals surface area contributed by atoms with Gasteiger partial charge in [-0.25, -0.2) is 4.68 Å². The van der Waals surface area contributed by atoms with E-state index < -0.39 is 11.6 Å². The number of fused-ring (bicyclic) bond motifs is 2. The van der Waals surface area contributed by atoms with Crippen LogP contribution in [0.5, 0.6) is 17.2 Å². The number of hydrogen-bond acceptors (Lipinski definition) is 7. The number of carbonyl (C=O) groups is 2. The summed E-state index contributed by atoms with van der Waals surface area (Å²) >= 11 is 0. The number of nitrogens with zero attached hydrogens (tertiary/aromatic N) is 4. The first-order valence-electron chi connectivity index (χ1n) is 13.2. The Balaban J connectivity index is 1.57. The van der Waals surface area contributed by atoms with Crippen molar-refractivity contribution in [2.24, 2.45) is 0 Å². The zero-order valence-electron chi connectivity index (χ0n) is 23.1. The Kier molecular flexibility index (Phi) is 7.59. The minimum atomic E-state index is -0.950. The summed E-state index contributed by atoms with van der Waals surface area (Å²) in [7, 11) is 1.57. The highest BCUT2D eigenvalue weighted by Gasteiger charge is 2.35. The predicted octanol–water partition coefficient (Wildman–Crippen LogP) is 4.24. The van der Waals surface area contributed by atoms with Gasteiger partial charge >= 0.3 is 0 Å². The van der Waals surface area contributed by atoms with Crippen molar-refractivity contribution in [3.8, 4) is 17.2 Å². The molecule has 10 heteroatoms. The number of benzene rings is 3. The van der Waals surface area contributed by atoms with Gasteiger partial charge in [0, 0.05) is 12.1 Å². The van der Waals surface area contributed by atoms with Crippen LogP contribution in [0.3, 0.4) is 0 Å². The second-order valence-electron chi connectivity index (χ2n) is 10.4. The molecule has 10 nitrogen and oxygen atoms in total. The predicted molar refractivity (Wildman–Crippen MR) is 149 cm³/mol. The number of ether oxygens (including phenoxy) is 3. The van der Waals surface area contributed by atoms with Crippen molar-refractivity contribution >= 4 is 22.8 Å². The number of methoxy groups -OCH3 is 1. The molecule has 2 heterocycles. The summed E-state index contributed by atoms with van der Waals surface area (Å²) in [5.74, 6) is 1.23. The third-order valence-corrected chi connectivity index (χ3v) is 7.13. The first kappa shape index (κ1) is 27.0. The Morgan fingerprint density at radius 1 is 1.07 bits per heavy atom. The van der Waals surface area contributed by atoms with Crippen molar-refractivity contribution in [3.05, 3.63) is 77.9 Å². The van der Waals surface area contributed by atoms with Gasteiger partial charge < -0.3 is 24.4 Å². The number of aromatic nitrogens is 3. The average molecular weight is 544 g/mol. The molecule has 0 saturated heterocycles. The Labute approximate surface area is 232 Å². The zero-order valence-corrected chi connectivity index (χ0v) is 23.1. The molecule has 0 radical (unpaired) electrons. The van der Waals surface area contributed by atoms with Crippen LogP contribution in [0.25, 0.3) is 11.0 Å². The number of hydrogen-bond donors (Lipinski definition) is 1. The van der Waals surface area contributed by atoms with Crippen LogP contribution < -0.4 is 19.5 Å². The van der Waals surface area contributed by atoms with Gasteiger partial charge in [-0.15, -0.1) is 5.10 Å². The van der Waals surface area contributed by atoms with Crippen molar-refractivity contribution in [3.63, 3.8) is 0 Å². The Morgan fingerprint density at radius 3 is 2.67 bits per heavy atom. The number of amides is 2. The van der Waals surface area contributed by atoms with Crippen LogP contribution in [0.2, 0.25) is 0 Å². The smallest absolute Gasteiger partial charge is 0.247 e. The van der Waals surface area contributed by atoms with Crippen LogP contribution in [0.1, 0.15) is 44.4 Å². The standard InChI is InChI=1S/C30H33N5O5/c1-5-30(2,3)31-29(37)28(21-9-8-10-22(16-21)38-4)34(17-20-13-14-25-26(15-20)40-19-39-25)27(36)18-35-24-12-7-6-11-23(24)32-33-35/h6-16,28H,5,17-19H2,1-4H3,(H,31,37)/t28-/m0/s1. The van der Waals surface area contributed by atoms with Gasteiger partial charge in [-0.05, 0) is 67.8 Å². The average Bonchev–Trinajstić information content (AvgIpc) is 3.59. The Bertz CT molecular complexity index is 1530. The lowest BCUT2D eigenvalue weighted by Gasteiger charge is -2.35. The van der Waals surface area contributed by atoms with Crippen LogP contribution in [-0.2, 0) is 22.7 Å². The van der Waals surface area contributed by atoms with Gasteiger partial charge in [0.2, 0.25) is 18.6 Å². The molecule has 0 unspecified atom stereocenters. The molecule has 1 aliphatic rings. The van der Waals surface area contributed by atoms with Crippen LogP contribution in [0.15, 0.2) is 66.7 Å². The van der Waals surface area contributed by atoms with E-state index in [1.807, 2.05) is 75.4 Å². The van der Waals surface area contributed by atoms with Crippen molar-refractivity contribution in [1.82, 2.24) is 25.2 Å². The molecule has 0 aliphatic carbocycles. The lowest BCUT2D eigenvalue weighted by molar-refractivity contribution is -0.143. The normalized spacial score (nSPS) is 13.2. The molecule has 1 atom stereocenters. The monoisotopic (exact) mass is 543 g/mol. The van der Waals surface area contributed by atoms with Crippen LogP contribution >= 0.6 is 0 Å². The van der Waals surface area contributed by atoms with Gasteiger partial charge in [0.1, 0.15) is 23.9 Å². The Morgan fingerprint density at radius 2 is 1.88 bits per heavy atom. The topological polar surface area (TPSA) is 108 Å². The van der Waals surface area contributed by atoms with Gasteiger partial charge in [0.15, 0.2) is 11.5 Å². The largest absolute Gasteiger partial charge is 0.497 e. The van der Waals surface area contributed by atoms with Gasteiger partial charge in [-0.2, -0.15) is 0 Å². The summed E-state index contributed by atoms with van der Waals surface area (Å²) in [6, 6.07) is 19.2. The molecule has 0 saturated carbocycles. The maximum Gasteiger partial charge on any atom is 0.247 e. The maximum absolute atomic E-state index is 14.2. The minimum Gasteiger partial charge on any atom is -0.497 e. The van der Waals surface area contributed by atoms with Gasteiger partial charge in [-0.1, -0.05) is 42.5 Å². The molecular weight excluding hydrogens is 510 g/mol. The first-order valence-corrected chi connectivity index (χ1v) is 13.2. The molecule has 1 aliphatic heterocycles. The SMILES string of the molecule is CCC(C)(C)NC(=O)[C@H](c1cccc(OC)c1)N(Cc1ccc2c(c1)OCO2)C(=O)Cn1nnc2ccccc21. The zero-order chi connectivity index (χ0) is 28.3. The molecule has 40 heavy (non-hydrogen) atoms. The van der Waals surface area contributed by atoms with E-state index in [2.05, 4.69) is 15.6 Å². The highest BCUT2D eigenvalue weighted by Crippen LogP contribution is 2.34. The quantitative estimate of drug-likeness (QED) is 0.319. The summed E-state index contributed by atoms with van der Waals surface area (Å²) in [5.41, 5.74) is 2.35. The third kappa shape index (κ3) is 5.70. The van der Waals surface area contributed by atoms with E-state index in [1.54, 1.807) is 28.8 Å². The van der Waals surface area contributed by atoms with Crippen molar-refractivity contribution in [1.29, 1.82) is 0 Å². The fourth-order valence-electron chi connectivity index (χ4n) is 4.59. The molecule has 0 spiro atoms. The van der Waals surface area contributed by atoms with Crippen molar-refractivity contribution < 1.29 is 23.8 Å².